The van der Waals surface area contributed by atoms with Crippen LogP contribution in [0.15, 0.2) is 0 Å². The average molecular weight is 354 g/mol. The van der Waals surface area contributed by atoms with Crippen LogP contribution in [0, 0.1) is 0 Å². The van der Waals surface area contributed by atoms with E-state index in [2.05, 4.69) is 25.8 Å². The molecular formula is C24H51N. The Hall–Kier alpha value is -0.0400. The van der Waals surface area contributed by atoms with Gasteiger partial charge >= 0.3 is 0 Å². The summed E-state index contributed by atoms with van der Waals surface area (Å²) in [4.78, 5) is 2.56. The minimum Gasteiger partial charge on any atom is -0.306 e. The fourth-order valence-corrected chi connectivity index (χ4v) is 3.67. The highest BCUT2D eigenvalue weighted by molar-refractivity contribution is 4.55. The normalized spacial score (nSPS) is 11.5. The number of unbranched alkanes of at least 4 members (excludes halogenated alkanes) is 17. The van der Waals surface area contributed by atoms with Crippen molar-refractivity contribution in [2.45, 2.75) is 136 Å². The van der Waals surface area contributed by atoms with E-state index < -0.39 is 0 Å². The molecule has 0 atom stereocenters. The van der Waals surface area contributed by atoms with Crippen LogP contribution in [-0.4, -0.2) is 25.0 Å². The van der Waals surface area contributed by atoms with Crippen LogP contribution in [0.25, 0.3) is 0 Å². The maximum Gasteiger partial charge on any atom is -0.00218 e. The van der Waals surface area contributed by atoms with Gasteiger partial charge in [-0.1, -0.05) is 123 Å². The zero-order valence-electron chi connectivity index (χ0n) is 18.3. The van der Waals surface area contributed by atoms with Gasteiger partial charge in [-0.25, -0.2) is 0 Å². The molecule has 0 bridgehead atoms. The Labute approximate surface area is 161 Å². The number of rotatable bonds is 21. The Kier molecular flexibility index (Phi) is 22.0. The van der Waals surface area contributed by atoms with Crippen molar-refractivity contribution < 1.29 is 0 Å². The molecule has 0 aliphatic heterocycles. The molecule has 0 aromatic rings. The third-order valence-corrected chi connectivity index (χ3v) is 5.54. The van der Waals surface area contributed by atoms with E-state index in [1.54, 1.807) is 0 Å². The average Bonchev–Trinajstić information content (AvgIpc) is 2.62. The van der Waals surface area contributed by atoms with Crippen LogP contribution in [0.3, 0.4) is 0 Å². The molecule has 0 aliphatic carbocycles. The van der Waals surface area contributed by atoms with Gasteiger partial charge in [0.1, 0.15) is 0 Å². The molecule has 152 valence electrons. The van der Waals surface area contributed by atoms with Gasteiger partial charge in [0.25, 0.3) is 0 Å². The molecule has 0 unspecified atom stereocenters. The van der Waals surface area contributed by atoms with Crippen molar-refractivity contribution in [1.82, 2.24) is 4.90 Å². The molecule has 0 saturated heterocycles. The van der Waals surface area contributed by atoms with Gasteiger partial charge in [-0.2, -0.15) is 0 Å². The van der Waals surface area contributed by atoms with Crippen LogP contribution in [0.4, 0.5) is 0 Å². The Morgan fingerprint density at radius 2 is 0.600 bits per heavy atom. The molecule has 1 nitrogen and oxygen atoms in total. The molecule has 0 saturated carbocycles. The van der Waals surface area contributed by atoms with Crippen LogP contribution < -0.4 is 0 Å². The lowest BCUT2D eigenvalue weighted by Crippen LogP contribution is -2.20. The largest absolute Gasteiger partial charge is 0.306 e. The van der Waals surface area contributed by atoms with Crippen molar-refractivity contribution in [3.8, 4) is 0 Å². The smallest absolute Gasteiger partial charge is 0.00218 e. The lowest BCUT2D eigenvalue weighted by Gasteiger charge is -2.16. The van der Waals surface area contributed by atoms with Gasteiger partial charge in [0.05, 0.1) is 0 Å². The molecule has 25 heavy (non-hydrogen) atoms. The zero-order valence-corrected chi connectivity index (χ0v) is 18.3. The van der Waals surface area contributed by atoms with E-state index in [4.69, 9.17) is 0 Å². The van der Waals surface area contributed by atoms with Crippen molar-refractivity contribution in [1.29, 1.82) is 0 Å². The minimum atomic E-state index is 1.31. The second-order valence-electron chi connectivity index (χ2n) is 8.31. The summed E-state index contributed by atoms with van der Waals surface area (Å²) in [6.07, 6.45) is 27.4. The van der Waals surface area contributed by atoms with Gasteiger partial charge in [-0.05, 0) is 33.0 Å². The van der Waals surface area contributed by atoms with E-state index in [9.17, 15) is 0 Å². The molecule has 0 heterocycles. The van der Waals surface area contributed by atoms with Crippen LogP contribution in [-0.2, 0) is 0 Å². The lowest BCUT2D eigenvalue weighted by molar-refractivity contribution is 0.314. The van der Waals surface area contributed by atoms with Gasteiger partial charge < -0.3 is 4.90 Å². The third-order valence-electron chi connectivity index (χ3n) is 5.54. The molecule has 0 fully saturated rings. The van der Waals surface area contributed by atoms with Gasteiger partial charge in [-0.3, -0.25) is 0 Å². The first-order valence-corrected chi connectivity index (χ1v) is 12.0. The second-order valence-corrected chi connectivity index (χ2v) is 8.31. The first-order chi connectivity index (χ1) is 12.3. The quantitative estimate of drug-likeness (QED) is 0.187. The standard InChI is InChI=1S/C24H51N/c1-4-6-8-10-12-14-16-18-20-22-24-25(3)23-21-19-17-15-13-11-9-7-5-2/h4-24H2,1-3H3. The van der Waals surface area contributed by atoms with Gasteiger partial charge in [0.15, 0.2) is 0 Å². The summed E-state index contributed by atoms with van der Waals surface area (Å²) in [5.41, 5.74) is 0. The van der Waals surface area contributed by atoms with E-state index >= 15 is 0 Å². The monoisotopic (exact) mass is 353 g/mol. The summed E-state index contributed by atoms with van der Waals surface area (Å²) < 4.78 is 0. The van der Waals surface area contributed by atoms with Crippen molar-refractivity contribution in [3.63, 3.8) is 0 Å². The lowest BCUT2D eigenvalue weighted by atomic mass is 10.1. The van der Waals surface area contributed by atoms with Crippen molar-refractivity contribution in [2.75, 3.05) is 20.1 Å². The number of hydrogen-bond acceptors (Lipinski definition) is 1. The number of hydrogen-bond donors (Lipinski definition) is 0. The molecule has 0 spiro atoms. The molecular weight excluding hydrogens is 302 g/mol. The van der Waals surface area contributed by atoms with Crippen LogP contribution in [0.5, 0.6) is 0 Å². The first kappa shape index (κ1) is 25.0. The van der Waals surface area contributed by atoms with E-state index in [0.29, 0.717) is 0 Å². The summed E-state index contributed by atoms with van der Waals surface area (Å²) in [5, 5.41) is 0. The summed E-state index contributed by atoms with van der Waals surface area (Å²) in [5.74, 6) is 0. The number of nitrogens with zero attached hydrogens (tertiary/aromatic N) is 1. The van der Waals surface area contributed by atoms with Crippen molar-refractivity contribution >= 4 is 0 Å². The van der Waals surface area contributed by atoms with Crippen LogP contribution in [0.1, 0.15) is 136 Å². The third kappa shape index (κ3) is 21.9. The fourth-order valence-electron chi connectivity index (χ4n) is 3.67. The van der Waals surface area contributed by atoms with Crippen LogP contribution in [0.2, 0.25) is 0 Å². The Bertz CT molecular complexity index is 226. The van der Waals surface area contributed by atoms with Gasteiger partial charge in [-0.15, -0.1) is 0 Å². The molecule has 0 amide bonds. The molecule has 1 heteroatoms. The van der Waals surface area contributed by atoms with E-state index in [-0.39, 0.29) is 0 Å². The molecule has 0 radical (unpaired) electrons. The molecule has 0 rings (SSSR count). The SMILES string of the molecule is CCCCCCCCCCCCN(C)CCCCCCCCCCC. The topological polar surface area (TPSA) is 3.24 Å². The first-order valence-electron chi connectivity index (χ1n) is 12.0. The van der Waals surface area contributed by atoms with Crippen LogP contribution >= 0.6 is 0 Å². The summed E-state index contributed by atoms with van der Waals surface area (Å²) >= 11 is 0. The van der Waals surface area contributed by atoms with Gasteiger partial charge in [0, 0.05) is 0 Å². The maximum atomic E-state index is 2.56. The molecule has 0 aromatic carbocycles. The predicted molar refractivity (Wildman–Crippen MR) is 117 cm³/mol. The zero-order chi connectivity index (χ0) is 18.4. The summed E-state index contributed by atoms with van der Waals surface area (Å²) in [6, 6.07) is 0. The van der Waals surface area contributed by atoms with E-state index in [0.717, 1.165) is 0 Å². The Morgan fingerprint density at radius 3 is 0.880 bits per heavy atom. The molecule has 0 aliphatic rings. The highest BCUT2D eigenvalue weighted by atomic mass is 15.1. The molecule has 0 N–H and O–H groups in total. The Balaban J connectivity index is 3.12. The summed E-state index contributed by atoms with van der Waals surface area (Å²) in [7, 11) is 2.32. The van der Waals surface area contributed by atoms with E-state index in [1.165, 1.54) is 135 Å². The fraction of sp³-hybridized carbons (Fsp3) is 1.00. The van der Waals surface area contributed by atoms with Crippen molar-refractivity contribution in [3.05, 3.63) is 0 Å². The predicted octanol–water partition coefficient (Wildman–Crippen LogP) is 8.37. The summed E-state index contributed by atoms with van der Waals surface area (Å²) in [6.45, 7) is 7.22. The van der Waals surface area contributed by atoms with Crippen molar-refractivity contribution in [2.24, 2.45) is 0 Å². The van der Waals surface area contributed by atoms with E-state index in [1.807, 2.05) is 0 Å². The highest BCUT2D eigenvalue weighted by Crippen LogP contribution is 2.12. The van der Waals surface area contributed by atoms with Gasteiger partial charge in [0.2, 0.25) is 0 Å². The maximum absolute atomic E-state index is 2.56. The minimum absolute atomic E-state index is 1.31. The Morgan fingerprint density at radius 1 is 0.360 bits per heavy atom. The highest BCUT2D eigenvalue weighted by Gasteiger charge is 1.99. The second kappa shape index (κ2) is 22.0. The molecule has 0 aromatic heterocycles.